The fourth-order valence-electron chi connectivity index (χ4n) is 2.50. The minimum Gasteiger partial charge on any atom is -0.316 e. The van der Waals surface area contributed by atoms with E-state index in [2.05, 4.69) is 37.6 Å². The van der Waals surface area contributed by atoms with Crippen LogP contribution < -0.4 is 5.32 Å². The second-order valence-corrected chi connectivity index (χ2v) is 6.48. The summed E-state index contributed by atoms with van der Waals surface area (Å²) in [6, 6.07) is 10.3. The average Bonchev–Trinajstić information content (AvgIpc) is 3.11. The lowest BCUT2D eigenvalue weighted by Crippen LogP contribution is -1.92. The molecular weight excluding hydrogens is 306 g/mol. The van der Waals surface area contributed by atoms with Gasteiger partial charge < -0.3 is 5.32 Å². The first kappa shape index (κ1) is 13.9. The predicted molar refractivity (Wildman–Crippen MR) is 94.2 cm³/mol. The normalized spacial score (nSPS) is 11.0. The summed E-state index contributed by atoms with van der Waals surface area (Å²) in [4.78, 5) is 8.94. The molecule has 0 aliphatic carbocycles. The van der Waals surface area contributed by atoms with Crippen molar-refractivity contribution in [1.29, 1.82) is 0 Å². The Labute approximate surface area is 137 Å². The van der Waals surface area contributed by atoms with E-state index >= 15 is 0 Å². The molecule has 2 N–H and O–H groups in total. The first-order chi connectivity index (χ1) is 11.2. The van der Waals surface area contributed by atoms with E-state index in [1.807, 2.05) is 38.2 Å². The van der Waals surface area contributed by atoms with Crippen LogP contribution in [0.5, 0.6) is 0 Å². The van der Waals surface area contributed by atoms with Gasteiger partial charge in [0.1, 0.15) is 5.82 Å². The highest BCUT2D eigenvalue weighted by molar-refractivity contribution is 7.22. The van der Waals surface area contributed by atoms with Gasteiger partial charge in [0.2, 0.25) is 0 Å². The van der Waals surface area contributed by atoms with Crippen LogP contribution in [0.15, 0.2) is 42.7 Å². The molecule has 0 saturated heterocycles. The molecule has 6 heteroatoms. The zero-order chi connectivity index (χ0) is 15.8. The molecule has 5 nitrogen and oxygen atoms in total. The summed E-state index contributed by atoms with van der Waals surface area (Å²) in [5.74, 6) is 0.815. The number of rotatable bonds is 3. The zero-order valence-electron chi connectivity index (χ0n) is 12.8. The molecule has 3 heterocycles. The molecule has 0 spiro atoms. The Morgan fingerprint density at radius 1 is 1.13 bits per heavy atom. The quantitative estimate of drug-likeness (QED) is 0.585. The summed E-state index contributed by atoms with van der Waals surface area (Å²) >= 11 is 1.62. The summed E-state index contributed by atoms with van der Waals surface area (Å²) in [7, 11) is 0. The van der Waals surface area contributed by atoms with Crippen molar-refractivity contribution in [3.05, 3.63) is 54.0 Å². The van der Waals surface area contributed by atoms with E-state index in [-0.39, 0.29) is 0 Å². The highest BCUT2D eigenvalue weighted by Crippen LogP contribution is 2.32. The van der Waals surface area contributed by atoms with Gasteiger partial charge in [0.25, 0.3) is 0 Å². The van der Waals surface area contributed by atoms with Crippen molar-refractivity contribution in [2.75, 3.05) is 5.32 Å². The molecule has 0 radical (unpaired) electrons. The number of H-pyrrole nitrogens is 1. The van der Waals surface area contributed by atoms with Crippen molar-refractivity contribution in [1.82, 2.24) is 20.2 Å². The number of aromatic nitrogens is 4. The molecule has 0 atom stereocenters. The number of nitrogens with zero attached hydrogens (tertiary/aromatic N) is 3. The monoisotopic (exact) mass is 321 g/mol. The Hall–Kier alpha value is -2.73. The van der Waals surface area contributed by atoms with Crippen LogP contribution in [0, 0.1) is 13.8 Å². The second-order valence-electron chi connectivity index (χ2n) is 5.45. The molecule has 23 heavy (non-hydrogen) atoms. The maximum Gasteiger partial charge on any atom is 0.189 e. The fourth-order valence-corrected chi connectivity index (χ4v) is 3.41. The third kappa shape index (κ3) is 2.68. The predicted octanol–water partition coefficient (Wildman–Crippen LogP) is 4.44. The van der Waals surface area contributed by atoms with Gasteiger partial charge in [-0.1, -0.05) is 17.4 Å². The van der Waals surface area contributed by atoms with E-state index in [9.17, 15) is 0 Å². The van der Waals surface area contributed by atoms with Crippen molar-refractivity contribution in [2.45, 2.75) is 13.8 Å². The van der Waals surface area contributed by atoms with E-state index in [1.165, 1.54) is 5.56 Å². The van der Waals surface area contributed by atoms with Gasteiger partial charge in [-0.05, 0) is 49.2 Å². The number of anilines is 2. The van der Waals surface area contributed by atoms with E-state index < -0.39 is 0 Å². The molecule has 0 amide bonds. The standard InChI is InChI=1S/C17H15N5S/c1-10-5-6-18-16(7-10)21-17-20-14-4-3-12(8-15(14)23-17)13-9-19-22-11(13)2/h3-9H,1-2H3,(H,19,22)(H,18,20,21). The van der Waals surface area contributed by atoms with Crippen molar-refractivity contribution in [2.24, 2.45) is 0 Å². The number of thiazole rings is 1. The van der Waals surface area contributed by atoms with Crippen LogP contribution in [0.25, 0.3) is 21.3 Å². The molecule has 0 saturated carbocycles. The molecule has 0 unspecified atom stereocenters. The van der Waals surface area contributed by atoms with Crippen LogP contribution in [-0.2, 0) is 0 Å². The molecule has 4 aromatic rings. The number of aryl methyl sites for hydroxylation is 2. The average molecular weight is 321 g/mol. The third-order valence-corrected chi connectivity index (χ3v) is 4.61. The van der Waals surface area contributed by atoms with Gasteiger partial charge in [0, 0.05) is 17.5 Å². The molecule has 0 aliphatic heterocycles. The summed E-state index contributed by atoms with van der Waals surface area (Å²) in [5.41, 5.74) is 5.48. The third-order valence-electron chi connectivity index (χ3n) is 3.68. The van der Waals surface area contributed by atoms with Gasteiger partial charge in [0.05, 0.1) is 16.4 Å². The Morgan fingerprint density at radius 2 is 2.04 bits per heavy atom. The molecule has 3 aromatic heterocycles. The number of hydrogen-bond donors (Lipinski definition) is 2. The summed E-state index contributed by atoms with van der Waals surface area (Å²) in [6.07, 6.45) is 3.65. The molecular formula is C17H15N5S. The van der Waals surface area contributed by atoms with Crippen molar-refractivity contribution in [3.8, 4) is 11.1 Å². The number of fused-ring (bicyclic) bond motifs is 1. The maximum atomic E-state index is 4.63. The van der Waals surface area contributed by atoms with Crippen LogP contribution in [0.1, 0.15) is 11.3 Å². The minimum absolute atomic E-state index is 0.815. The molecule has 1 aromatic carbocycles. The van der Waals surface area contributed by atoms with E-state index in [4.69, 9.17) is 0 Å². The first-order valence-electron chi connectivity index (χ1n) is 7.30. The van der Waals surface area contributed by atoms with Crippen molar-refractivity contribution in [3.63, 3.8) is 0 Å². The van der Waals surface area contributed by atoms with E-state index in [0.717, 1.165) is 38.0 Å². The molecule has 114 valence electrons. The van der Waals surface area contributed by atoms with Crippen LogP contribution in [0.2, 0.25) is 0 Å². The fraction of sp³-hybridized carbons (Fsp3) is 0.118. The van der Waals surface area contributed by atoms with Crippen molar-refractivity contribution < 1.29 is 0 Å². The number of benzene rings is 1. The number of nitrogens with one attached hydrogen (secondary N) is 2. The van der Waals surface area contributed by atoms with E-state index in [0.29, 0.717) is 0 Å². The van der Waals surface area contributed by atoms with Gasteiger partial charge >= 0.3 is 0 Å². The van der Waals surface area contributed by atoms with Gasteiger partial charge in [-0.3, -0.25) is 5.10 Å². The molecule has 0 bridgehead atoms. The Morgan fingerprint density at radius 3 is 2.83 bits per heavy atom. The van der Waals surface area contributed by atoms with Crippen LogP contribution >= 0.6 is 11.3 Å². The topological polar surface area (TPSA) is 66.5 Å². The van der Waals surface area contributed by atoms with Crippen LogP contribution in [0.3, 0.4) is 0 Å². The van der Waals surface area contributed by atoms with Gasteiger partial charge in [-0.25, -0.2) is 9.97 Å². The highest BCUT2D eigenvalue weighted by Gasteiger charge is 2.09. The van der Waals surface area contributed by atoms with Gasteiger partial charge in [-0.2, -0.15) is 5.10 Å². The lowest BCUT2D eigenvalue weighted by Gasteiger charge is -2.01. The Kier molecular flexibility index (Phi) is 3.31. The first-order valence-corrected chi connectivity index (χ1v) is 8.11. The number of aromatic amines is 1. The lowest BCUT2D eigenvalue weighted by molar-refractivity contribution is 1.05. The Balaban J connectivity index is 1.69. The molecule has 0 fully saturated rings. The minimum atomic E-state index is 0.815. The van der Waals surface area contributed by atoms with Crippen LogP contribution in [0.4, 0.5) is 10.9 Å². The highest BCUT2D eigenvalue weighted by atomic mass is 32.1. The summed E-state index contributed by atoms with van der Waals surface area (Å²) in [5, 5.41) is 11.2. The zero-order valence-corrected chi connectivity index (χ0v) is 13.6. The second kappa shape index (κ2) is 5.48. The maximum absolute atomic E-state index is 4.63. The van der Waals surface area contributed by atoms with Gasteiger partial charge in [0.15, 0.2) is 5.13 Å². The van der Waals surface area contributed by atoms with Crippen LogP contribution in [-0.4, -0.2) is 20.2 Å². The van der Waals surface area contributed by atoms with Gasteiger partial charge in [-0.15, -0.1) is 0 Å². The Bertz CT molecular complexity index is 985. The summed E-state index contributed by atoms with van der Waals surface area (Å²) < 4.78 is 1.14. The van der Waals surface area contributed by atoms with E-state index in [1.54, 1.807) is 17.5 Å². The van der Waals surface area contributed by atoms with Crippen molar-refractivity contribution >= 4 is 32.5 Å². The smallest absolute Gasteiger partial charge is 0.189 e. The molecule has 0 aliphatic rings. The number of hydrogen-bond acceptors (Lipinski definition) is 5. The SMILES string of the molecule is Cc1ccnc(Nc2nc3ccc(-c4cn[nH]c4C)cc3s2)c1. The molecule has 4 rings (SSSR count). The lowest BCUT2D eigenvalue weighted by atomic mass is 10.1. The number of pyridine rings is 1. The largest absolute Gasteiger partial charge is 0.316 e. The summed E-state index contributed by atoms with van der Waals surface area (Å²) in [6.45, 7) is 4.07.